The zero-order valence-electron chi connectivity index (χ0n) is 14.0. The number of hydrogen-bond acceptors (Lipinski definition) is 3. The number of halogens is 2. The highest BCUT2D eigenvalue weighted by Gasteiger charge is 2.09. The Kier molecular flexibility index (Phi) is 8.84. The molecule has 0 saturated heterocycles. The topological polar surface area (TPSA) is 49.8 Å². The Morgan fingerprint density at radius 2 is 2.00 bits per heavy atom. The number of guanidine groups is 1. The van der Waals surface area contributed by atoms with Gasteiger partial charge in [-0.25, -0.2) is 4.98 Å². The molecule has 0 aliphatic rings. The first kappa shape index (κ1) is 20.5. The molecule has 0 atom stereocenters. The van der Waals surface area contributed by atoms with Gasteiger partial charge in [0.1, 0.15) is 0 Å². The average molecular weight is 461 g/mol. The van der Waals surface area contributed by atoms with Crippen molar-refractivity contribution in [3.63, 3.8) is 0 Å². The van der Waals surface area contributed by atoms with Gasteiger partial charge in [-0.15, -0.1) is 24.0 Å². The van der Waals surface area contributed by atoms with Crippen molar-refractivity contribution in [1.82, 2.24) is 15.2 Å². The lowest BCUT2D eigenvalue weighted by Gasteiger charge is -2.22. The maximum absolute atomic E-state index is 5.92. The van der Waals surface area contributed by atoms with E-state index < -0.39 is 0 Å². The maximum atomic E-state index is 5.92. The van der Waals surface area contributed by atoms with Gasteiger partial charge in [-0.05, 0) is 23.8 Å². The molecule has 0 amide bonds. The minimum Gasteiger partial charge on any atom is -0.481 e. The highest BCUT2D eigenvalue weighted by molar-refractivity contribution is 14.0. The molecule has 0 saturated carbocycles. The van der Waals surface area contributed by atoms with Crippen molar-refractivity contribution < 1.29 is 4.74 Å². The van der Waals surface area contributed by atoms with Crippen LogP contribution in [-0.4, -0.2) is 37.0 Å². The molecular weight excluding hydrogens is 439 g/mol. The molecule has 2 aromatic rings. The third-order valence-electron chi connectivity index (χ3n) is 3.39. The van der Waals surface area contributed by atoms with Gasteiger partial charge >= 0.3 is 0 Å². The molecule has 1 aromatic heterocycles. The SMILES string of the molecule is CN=C(NCc1cccnc1OC)N(C)Cc1ccc(Cl)cc1.I. The molecule has 1 aromatic carbocycles. The van der Waals surface area contributed by atoms with Gasteiger partial charge in [0.05, 0.1) is 7.11 Å². The van der Waals surface area contributed by atoms with Crippen LogP contribution in [0.15, 0.2) is 47.6 Å². The van der Waals surface area contributed by atoms with Gasteiger partial charge in [0.15, 0.2) is 5.96 Å². The number of benzene rings is 1. The van der Waals surface area contributed by atoms with Crippen molar-refractivity contribution in [2.45, 2.75) is 13.1 Å². The second-order valence-electron chi connectivity index (χ2n) is 5.06. The van der Waals surface area contributed by atoms with Crippen LogP contribution < -0.4 is 10.1 Å². The Morgan fingerprint density at radius 1 is 1.29 bits per heavy atom. The molecule has 0 bridgehead atoms. The first-order chi connectivity index (χ1) is 11.1. The van der Waals surface area contributed by atoms with Crippen LogP contribution in [0.2, 0.25) is 5.02 Å². The summed E-state index contributed by atoms with van der Waals surface area (Å²) in [7, 11) is 5.37. The third-order valence-corrected chi connectivity index (χ3v) is 3.64. The van der Waals surface area contributed by atoms with Crippen molar-refractivity contribution in [2.24, 2.45) is 4.99 Å². The lowest BCUT2D eigenvalue weighted by molar-refractivity contribution is 0.391. The fourth-order valence-electron chi connectivity index (χ4n) is 2.24. The second-order valence-corrected chi connectivity index (χ2v) is 5.49. The molecule has 7 heteroatoms. The maximum Gasteiger partial charge on any atom is 0.218 e. The summed E-state index contributed by atoms with van der Waals surface area (Å²) in [5.41, 5.74) is 2.15. The summed E-state index contributed by atoms with van der Waals surface area (Å²) in [6, 6.07) is 11.7. The number of pyridine rings is 1. The molecular formula is C17H22ClIN4O. The molecule has 24 heavy (non-hydrogen) atoms. The Hall–Kier alpha value is -1.54. The van der Waals surface area contributed by atoms with Crippen LogP contribution in [-0.2, 0) is 13.1 Å². The normalized spacial score (nSPS) is 10.8. The van der Waals surface area contributed by atoms with E-state index >= 15 is 0 Å². The van der Waals surface area contributed by atoms with Crippen LogP contribution in [0.3, 0.4) is 0 Å². The minimum atomic E-state index is 0. The summed E-state index contributed by atoms with van der Waals surface area (Å²) < 4.78 is 5.26. The largest absolute Gasteiger partial charge is 0.481 e. The first-order valence-corrected chi connectivity index (χ1v) is 7.66. The van der Waals surface area contributed by atoms with Crippen LogP contribution in [0.1, 0.15) is 11.1 Å². The number of nitrogens with zero attached hydrogens (tertiary/aromatic N) is 3. The first-order valence-electron chi connectivity index (χ1n) is 7.28. The molecule has 0 radical (unpaired) electrons. The van der Waals surface area contributed by atoms with Gasteiger partial charge in [0, 0.05) is 44.0 Å². The predicted octanol–water partition coefficient (Wildman–Crippen LogP) is 3.57. The zero-order chi connectivity index (χ0) is 16.7. The highest BCUT2D eigenvalue weighted by atomic mass is 127. The summed E-state index contributed by atoms with van der Waals surface area (Å²) in [5.74, 6) is 1.42. The minimum absolute atomic E-state index is 0. The standard InChI is InChI=1S/C17H21ClN4O.HI/c1-19-17(21-11-14-5-4-10-20-16(14)23-3)22(2)12-13-6-8-15(18)9-7-13;/h4-10H,11-12H2,1-3H3,(H,19,21);1H. The second kappa shape index (κ2) is 10.4. The molecule has 0 aliphatic carbocycles. The quantitative estimate of drug-likeness (QED) is 0.421. The van der Waals surface area contributed by atoms with E-state index in [0.717, 1.165) is 23.1 Å². The summed E-state index contributed by atoms with van der Waals surface area (Å²) in [4.78, 5) is 10.6. The number of aliphatic imine (C=N–C) groups is 1. The highest BCUT2D eigenvalue weighted by Crippen LogP contribution is 2.14. The van der Waals surface area contributed by atoms with E-state index in [9.17, 15) is 0 Å². The zero-order valence-corrected chi connectivity index (χ0v) is 17.1. The van der Waals surface area contributed by atoms with Gasteiger partial charge in [0.2, 0.25) is 5.88 Å². The summed E-state index contributed by atoms with van der Waals surface area (Å²) in [6.45, 7) is 1.33. The monoisotopic (exact) mass is 460 g/mol. The summed E-state index contributed by atoms with van der Waals surface area (Å²) >= 11 is 5.92. The Morgan fingerprint density at radius 3 is 2.62 bits per heavy atom. The molecule has 0 aliphatic heterocycles. The predicted molar refractivity (Wildman–Crippen MR) is 109 cm³/mol. The number of aromatic nitrogens is 1. The van der Waals surface area contributed by atoms with Gasteiger partial charge < -0.3 is 15.0 Å². The van der Waals surface area contributed by atoms with Crippen LogP contribution >= 0.6 is 35.6 Å². The van der Waals surface area contributed by atoms with Crippen LogP contribution in [0.4, 0.5) is 0 Å². The van der Waals surface area contributed by atoms with Crippen molar-refractivity contribution in [3.8, 4) is 5.88 Å². The lowest BCUT2D eigenvalue weighted by atomic mass is 10.2. The molecule has 5 nitrogen and oxygen atoms in total. The average Bonchev–Trinajstić information content (AvgIpc) is 2.58. The van der Waals surface area contributed by atoms with E-state index in [-0.39, 0.29) is 24.0 Å². The molecule has 130 valence electrons. The number of methoxy groups -OCH3 is 1. The van der Waals surface area contributed by atoms with E-state index in [0.29, 0.717) is 12.4 Å². The molecule has 0 fully saturated rings. The van der Waals surface area contributed by atoms with Gasteiger partial charge in [0.25, 0.3) is 0 Å². The number of hydrogen-bond donors (Lipinski definition) is 1. The van der Waals surface area contributed by atoms with E-state index in [4.69, 9.17) is 16.3 Å². The Bertz CT molecular complexity index is 664. The molecule has 2 rings (SSSR count). The summed E-state index contributed by atoms with van der Waals surface area (Å²) in [6.07, 6.45) is 1.71. The third kappa shape index (κ3) is 5.83. The van der Waals surface area contributed by atoms with Crippen LogP contribution in [0.25, 0.3) is 0 Å². The van der Waals surface area contributed by atoms with E-state index in [1.165, 1.54) is 5.56 Å². The molecule has 1 heterocycles. The molecule has 0 spiro atoms. The van der Waals surface area contributed by atoms with Crippen LogP contribution in [0, 0.1) is 0 Å². The van der Waals surface area contributed by atoms with Crippen molar-refractivity contribution in [1.29, 1.82) is 0 Å². The van der Waals surface area contributed by atoms with E-state index in [2.05, 4.69) is 15.3 Å². The lowest BCUT2D eigenvalue weighted by Crippen LogP contribution is -2.38. The number of nitrogens with one attached hydrogen (secondary N) is 1. The number of ether oxygens (including phenoxy) is 1. The van der Waals surface area contributed by atoms with Crippen LogP contribution in [0.5, 0.6) is 5.88 Å². The van der Waals surface area contributed by atoms with Gasteiger partial charge in [-0.2, -0.15) is 0 Å². The Labute approximate surface area is 165 Å². The molecule has 0 unspecified atom stereocenters. The fourth-order valence-corrected chi connectivity index (χ4v) is 2.37. The fraction of sp³-hybridized carbons (Fsp3) is 0.294. The number of rotatable bonds is 5. The van der Waals surface area contributed by atoms with Gasteiger partial charge in [-0.3, -0.25) is 4.99 Å². The van der Waals surface area contributed by atoms with Crippen molar-refractivity contribution in [2.75, 3.05) is 21.2 Å². The Balaban J connectivity index is 0.00000288. The van der Waals surface area contributed by atoms with Crippen molar-refractivity contribution >= 4 is 41.5 Å². The molecule has 1 N–H and O–H groups in total. The van der Waals surface area contributed by atoms with Gasteiger partial charge in [-0.1, -0.05) is 29.8 Å². The van der Waals surface area contributed by atoms with E-state index in [1.54, 1.807) is 20.4 Å². The summed E-state index contributed by atoms with van der Waals surface area (Å²) in [5, 5.41) is 4.06. The van der Waals surface area contributed by atoms with E-state index in [1.807, 2.05) is 48.3 Å². The smallest absolute Gasteiger partial charge is 0.218 e. The van der Waals surface area contributed by atoms with Crippen molar-refractivity contribution in [3.05, 3.63) is 58.7 Å².